The molecule has 0 amide bonds. The van der Waals surface area contributed by atoms with E-state index in [2.05, 4.69) is 38.2 Å². The Morgan fingerprint density at radius 2 is 2.18 bits per heavy atom. The van der Waals surface area contributed by atoms with Crippen LogP contribution >= 0.6 is 0 Å². The molecule has 0 spiro atoms. The number of rotatable bonds is 3. The van der Waals surface area contributed by atoms with Gasteiger partial charge in [-0.3, -0.25) is 0 Å². The van der Waals surface area contributed by atoms with Crippen molar-refractivity contribution >= 4 is 0 Å². The summed E-state index contributed by atoms with van der Waals surface area (Å²) in [6.45, 7) is 7.60. The summed E-state index contributed by atoms with van der Waals surface area (Å²) in [6, 6.07) is 6.51. The van der Waals surface area contributed by atoms with Gasteiger partial charge >= 0.3 is 0 Å². The second-order valence-corrected chi connectivity index (χ2v) is 5.63. The lowest BCUT2D eigenvalue weighted by Crippen LogP contribution is -2.18. The lowest BCUT2D eigenvalue weighted by molar-refractivity contribution is 0.417. The van der Waals surface area contributed by atoms with E-state index < -0.39 is 0 Å². The first-order valence-electron chi connectivity index (χ1n) is 6.62. The number of aromatic hydroxyl groups is 1. The van der Waals surface area contributed by atoms with Gasteiger partial charge in [0.2, 0.25) is 0 Å². The molecule has 2 heteroatoms. The zero-order chi connectivity index (χ0) is 12.5. The lowest BCUT2D eigenvalue weighted by Gasteiger charge is -2.26. The summed E-state index contributed by atoms with van der Waals surface area (Å²) in [5.41, 5.74) is 2.19. The summed E-state index contributed by atoms with van der Waals surface area (Å²) in [7, 11) is 0. The Bertz CT molecular complexity index is 392. The SMILES string of the molecule is CCC(C)(C)c1cccc([C@@H]2CCCN2)c1O. The van der Waals surface area contributed by atoms with Gasteiger partial charge in [-0.15, -0.1) is 0 Å². The lowest BCUT2D eigenvalue weighted by atomic mass is 9.80. The summed E-state index contributed by atoms with van der Waals surface area (Å²) >= 11 is 0. The summed E-state index contributed by atoms with van der Waals surface area (Å²) in [5.74, 6) is 0.499. The highest BCUT2D eigenvalue weighted by atomic mass is 16.3. The fraction of sp³-hybridized carbons (Fsp3) is 0.600. The molecule has 0 radical (unpaired) electrons. The third kappa shape index (κ3) is 2.32. The number of hydrogen-bond donors (Lipinski definition) is 2. The van der Waals surface area contributed by atoms with Gasteiger partial charge in [-0.05, 0) is 36.8 Å². The van der Waals surface area contributed by atoms with E-state index in [4.69, 9.17) is 0 Å². The topological polar surface area (TPSA) is 32.3 Å². The van der Waals surface area contributed by atoms with Crippen molar-refractivity contribution in [2.24, 2.45) is 0 Å². The standard InChI is InChI=1S/C15H23NO/c1-4-15(2,3)12-8-5-7-11(14(12)17)13-9-6-10-16-13/h5,7-8,13,16-17H,4,6,9-10H2,1-3H3/t13-/m0/s1. The van der Waals surface area contributed by atoms with Gasteiger partial charge in [0.1, 0.15) is 5.75 Å². The molecule has 1 heterocycles. The molecule has 0 bridgehead atoms. The van der Waals surface area contributed by atoms with Crippen LogP contribution in [0, 0.1) is 0 Å². The number of benzene rings is 1. The van der Waals surface area contributed by atoms with Crippen LogP contribution in [0.1, 0.15) is 57.2 Å². The van der Waals surface area contributed by atoms with Crippen molar-refractivity contribution in [3.63, 3.8) is 0 Å². The fourth-order valence-corrected chi connectivity index (χ4v) is 2.53. The van der Waals surface area contributed by atoms with Crippen LogP contribution in [-0.2, 0) is 5.41 Å². The zero-order valence-corrected chi connectivity index (χ0v) is 11.1. The van der Waals surface area contributed by atoms with Crippen molar-refractivity contribution in [1.82, 2.24) is 5.32 Å². The van der Waals surface area contributed by atoms with Gasteiger partial charge in [0, 0.05) is 11.6 Å². The first kappa shape index (κ1) is 12.4. The van der Waals surface area contributed by atoms with E-state index in [-0.39, 0.29) is 5.41 Å². The zero-order valence-electron chi connectivity index (χ0n) is 11.1. The fourth-order valence-electron chi connectivity index (χ4n) is 2.53. The van der Waals surface area contributed by atoms with Crippen molar-refractivity contribution in [1.29, 1.82) is 0 Å². The molecule has 1 saturated heterocycles. The van der Waals surface area contributed by atoms with Crippen LogP contribution in [0.5, 0.6) is 5.75 Å². The molecule has 2 rings (SSSR count). The maximum atomic E-state index is 10.5. The van der Waals surface area contributed by atoms with Crippen LogP contribution in [-0.4, -0.2) is 11.7 Å². The van der Waals surface area contributed by atoms with E-state index in [1.54, 1.807) is 0 Å². The van der Waals surface area contributed by atoms with Crippen molar-refractivity contribution < 1.29 is 5.11 Å². The Morgan fingerprint density at radius 3 is 2.76 bits per heavy atom. The van der Waals surface area contributed by atoms with Crippen molar-refractivity contribution in [3.05, 3.63) is 29.3 Å². The van der Waals surface area contributed by atoms with Crippen LogP contribution in [0.3, 0.4) is 0 Å². The van der Waals surface area contributed by atoms with E-state index in [0.717, 1.165) is 30.5 Å². The van der Waals surface area contributed by atoms with Gasteiger partial charge in [-0.1, -0.05) is 39.0 Å². The van der Waals surface area contributed by atoms with Gasteiger partial charge < -0.3 is 10.4 Å². The van der Waals surface area contributed by atoms with Crippen LogP contribution in [0.2, 0.25) is 0 Å². The van der Waals surface area contributed by atoms with E-state index >= 15 is 0 Å². The van der Waals surface area contributed by atoms with Crippen LogP contribution < -0.4 is 5.32 Å². The number of para-hydroxylation sites is 1. The van der Waals surface area contributed by atoms with E-state index in [1.807, 2.05) is 6.07 Å². The van der Waals surface area contributed by atoms with E-state index in [1.165, 1.54) is 6.42 Å². The number of phenols is 1. The van der Waals surface area contributed by atoms with Gasteiger partial charge in [-0.2, -0.15) is 0 Å². The molecular formula is C15H23NO. The maximum Gasteiger partial charge on any atom is 0.124 e. The molecule has 1 aromatic rings. The van der Waals surface area contributed by atoms with Gasteiger partial charge in [0.15, 0.2) is 0 Å². The van der Waals surface area contributed by atoms with Crippen molar-refractivity contribution in [2.75, 3.05) is 6.54 Å². The van der Waals surface area contributed by atoms with Crippen LogP contribution in [0.25, 0.3) is 0 Å². The Hall–Kier alpha value is -1.02. The minimum Gasteiger partial charge on any atom is -0.507 e. The Labute approximate surface area is 104 Å². The number of nitrogens with one attached hydrogen (secondary N) is 1. The Kier molecular flexibility index (Phi) is 3.43. The first-order valence-corrected chi connectivity index (χ1v) is 6.62. The highest BCUT2D eigenvalue weighted by molar-refractivity contribution is 5.46. The first-order chi connectivity index (χ1) is 8.06. The molecule has 1 aromatic carbocycles. The molecular weight excluding hydrogens is 210 g/mol. The van der Waals surface area contributed by atoms with Crippen molar-refractivity contribution in [2.45, 2.75) is 51.5 Å². The number of phenolic OH excluding ortho intramolecular Hbond substituents is 1. The van der Waals surface area contributed by atoms with Gasteiger partial charge in [-0.25, -0.2) is 0 Å². The highest BCUT2D eigenvalue weighted by Crippen LogP contribution is 2.39. The molecule has 1 aliphatic rings. The molecule has 17 heavy (non-hydrogen) atoms. The second kappa shape index (κ2) is 4.69. The average Bonchev–Trinajstić information content (AvgIpc) is 2.82. The second-order valence-electron chi connectivity index (χ2n) is 5.63. The molecule has 2 nitrogen and oxygen atoms in total. The molecule has 0 saturated carbocycles. The molecule has 0 unspecified atom stereocenters. The van der Waals surface area contributed by atoms with E-state index in [0.29, 0.717) is 11.8 Å². The third-order valence-corrected chi connectivity index (χ3v) is 4.12. The van der Waals surface area contributed by atoms with Crippen LogP contribution in [0.15, 0.2) is 18.2 Å². The molecule has 0 aliphatic carbocycles. The third-order valence-electron chi connectivity index (χ3n) is 4.12. The quantitative estimate of drug-likeness (QED) is 0.837. The monoisotopic (exact) mass is 233 g/mol. The maximum absolute atomic E-state index is 10.5. The summed E-state index contributed by atoms with van der Waals surface area (Å²) in [6.07, 6.45) is 3.36. The van der Waals surface area contributed by atoms with Crippen molar-refractivity contribution in [3.8, 4) is 5.75 Å². The average molecular weight is 233 g/mol. The number of hydrogen-bond acceptors (Lipinski definition) is 2. The molecule has 1 atom stereocenters. The molecule has 94 valence electrons. The van der Waals surface area contributed by atoms with Gasteiger partial charge in [0.05, 0.1) is 0 Å². The minimum absolute atomic E-state index is 0.0404. The molecule has 0 aromatic heterocycles. The largest absolute Gasteiger partial charge is 0.507 e. The minimum atomic E-state index is 0.0404. The summed E-state index contributed by atoms with van der Waals surface area (Å²) in [5, 5.41) is 13.9. The van der Waals surface area contributed by atoms with Gasteiger partial charge in [0.25, 0.3) is 0 Å². The molecule has 1 aliphatic heterocycles. The predicted molar refractivity (Wildman–Crippen MR) is 71.4 cm³/mol. The summed E-state index contributed by atoms with van der Waals surface area (Å²) in [4.78, 5) is 0. The molecule has 1 fully saturated rings. The normalized spacial score (nSPS) is 20.8. The Morgan fingerprint density at radius 1 is 1.41 bits per heavy atom. The molecule has 2 N–H and O–H groups in total. The summed E-state index contributed by atoms with van der Waals surface area (Å²) < 4.78 is 0. The van der Waals surface area contributed by atoms with E-state index in [9.17, 15) is 5.11 Å². The highest BCUT2D eigenvalue weighted by Gasteiger charge is 2.26. The smallest absolute Gasteiger partial charge is 0.124 e. The predicted octanol–water partition coefficient (Wildman–Crippen LogP) is 3.50. The van der Waals surface area contributed by atoms with Crippen LogP contribution in [0.4, 0.5) is 0 Å². The Balaban J connectivity index is 2.39.